The predicted molar refractivity (Wildman–Crippen MR) is 237 cm³/mol. The molecule has 0 spiro atoms. The number of nitrogens with zero attached hydrogens (tertiary/aromatic N) is 3. The molecule has 2 aliphatic heterocycles. The van der Waals surface area contributed by atoms with E-state index in [1.54, 1.807) is 18.2 Å². The van der Waals surface area contributed by atoms with Crippen molar-refractivity contribution in [2.75, 3.05) is 45.1 Å². The Morgan fingerprint density at radius 1 is 0.887 bits per heavy atom. The zero-order valence-corrected chi connectivity index (χ0v) is 36.1. The van der Waals surface area contributed by atoms with Crippen LogP contribution < -0.4 is 16.4 Å². The highest BCUT2D eigenvalue weighted by atomic mass is 32.2. The second-order valence-corrected chi connectivity index (χ2v) is 19.2. The van der Waals surface area contributed by atoms with Crippen LogP contribution in [0, 0.1) is 5.92 Å². The van der Waals surface area contributed by atoms with Gasteiger partial charge >= 0.3 is 6.09 Å². The van der Waals surface area contributed by atoms with E-state index in [0.717, 1.165) is 40.7 Å². The number of ether oxygens (including phenoxy) is 1. The molecule has 0 saturated carbocycles. The molecule has 0 radical (unpaired) electrons. The highest BCUT2D eigenvalue weighted by Crippen LogP contribution is 2.44. The number of benzene rings is 4. The van der Waals surface area contributed by atoms with Gasteiger partial charge in [-0.25, -0.2) is 18.2 Å². The summed E-state index contributed by atoms with van der Waals surface area (Å²) in [6.45, 7) is 5.40. The van der Waals surface area contributed by atoms with Gasteiger partial charge in [0.25, 0.3) is 10.1 Å². The number of amides is 3. The number of carbonyl (C=O) groups is 3. The van der Waals surface area contributed by atoms with E-state index in [1.807, 2.05) is 91.6 Å². The summed E-state index contributed by atoms with van der Waals surface area (Å²) in [6, 6.07) is 25.8. The zero-order chi connectivity index (χ0) is 44.2. The van der Waals surface area contributed by atoms with Gasteiger partial charge in [-0.2, -0.15) is 12.7 Å². The van der Waals surface area contributed by atoms with Crippen LogP contribution in [0.1, 0.15) is 55.7 Å². The Labute approximate surface area is 361 Å². The number of rotatable bonds is 16. The summed E-state index contributed by atoms with van der Waals surface area (Å²) in [7, 11) is -8.65. The maximum atomic E-state index is 13.7. The molecular weight excluding hydrogens is 833 g/mol. The van der Waals surface area contributed by atoms with Gasteiger partial charge in [0.15, 0.2) is 0 Å². The lowest BCUT2D eigenvalue weighted by molar-refractivity contribution is -0.127. The lowest BCUT2D eigenvalue weighted by Gasteiger charge is -2.38. The van der Waals surface area contributed by atoms with E-state index in [9.17, 15) is 35.8 Å². The Morgan fingerprint density at radius 2 is 1.53 bits per heavy atom. The molecule has 3 aliphatic rings. The van der Waals surface area contributed by atoms with E-state index < -0.39 is 43.9 Å². The molecule has 1 atom stereocenters. The zero-order valence-electron chi connectivity index (χ0n) is 34.5. The maximum Gasteiger partial charge on any atom is 0.407 e. The van der Waals surface area contributed by atoms with Gasteiger partial charge in [0, 0.05) is 62.1 Å². The van der Waals surface area contributed by atoms with E-state index in [4.69, 9.17) is 10.5 Å². The molecule has 0 aromatic heterocycles. The standard InChI is InChI=1S/C45H50N6O9S2/c1-3-18-50(19-4-2)44(53)33-20-32-17-16-31(22-40(32)48-42(46)23-33)30-10-9-11-34(21-30)62(58,59)51-25-29(26-51)24-47-43(52)41(28-61(55,56)57)49-45(54)60-27-39-37-14-7-5-12-35(37)36-13-6-8-15-38(36)39/h5-17,20-22,29,39,41H,3-4,18-19,23-28H2,1-2H3,(H2,46,48)(H,47,52)(H,49,54)(H,55,56,57)/t41-/m0/s1. The number of alkyl carbamates (subject to hydrolysis) is 1. The third-order valence-corrected chi connectivity index (χ3v) is 13.8. The number of sulfonamides is 1. The van der Waals surface area contributed by atoms with Gasteiger partial charge in [-0.15, -0.1) is 0 Å². The van der Waals surface area contributed by atoms with Crippen molar-refractivity contribution < 1.29 is 40.5 Å². The normalized spacial score (nSPS) is 15.7. The van der Waals surface area contributed by atoms with Gasteiger partial charge in [-0.3, -0.25) is 14.1 Å². The van der Waals surface area contributed by atoms with Crippen molar-refractivity contribution in [3.8, 4) is 22.3 Å². The van der Waals surface area contributed by atoms with Crippen LogP contribution >= 0.6 is 0 Å². The van der Waals surface area contributed by atoms with E-state index in [1.165, 1.54) is 10.4 Å². The first-order valence-corrected chi connectivity index (χ1v) is 23.6. The third kappa shape index (κ3) is 9.91. The van der Waals surface area contributed by atoms with E-state index in [2.05, 4.69) is 15.6 Å². The first kappa shape index (κ1) is 44.2. The Morgan fingerprint density at radius 3 is 2.18 bits per heavy atom. The summed E-state index contributed by atoms with van der Waals surface area (Å²) in [6.07, 6.45) is 2.67. The number of amidine groups is 1. The summed E-state index contributed by atoms with van der Waals surface area (Å²) < 4.78 is 67.5. The van der Waals surface area contributed by atoms with Crippen LogP contribution in [0.4, 0.5) is 10.5 Å². The number of fused-ring (bicyclic) bond motifs is 4. The largest absolute Gasteiger partial charge is 0.449 e. The fourth-order valence-electron chi connectivity index (χ4n) is 8.14. The molecule has 4 aromatic rings. The van der Waals surface area contributed by atoms with Crippen LogP contribution in [0.25, 0.3) is 28.3 Å². The number of hydrogen-bond acceptors (Lipinski definition) is 10. The second kappa shape index (κ2) is 18.6. The summed E-state index contributed by atoms with van der Waals surface area (Å²) in [4.78, 5) is 46.0. The number of nitrogens with one attached hydrogen (secondary N) is 2. The van der Waals surface area contributed by atoms with Crippen molar-refractivity contribution in [2.24, 2.45) is 16.6 Å². The van der Waals surface area contributed by atoms with Gasteiger partial charge in [-0.05, 0) is 70.5 Å². The molecule has 5 N–H and O–H groups in total. The molecule has 1 saturated heterocycles. The summed E-state index contributed by atoms with van der Waals surface area (Å²) in [5.74, 6) is -2.33. The van der Waals surface area contributed by atoms with Crippen LogP contribution in [-0.2, 0) is 34.5 Å². The highest BCUT2D eigenvalue weighted by Gasteiger charge is 2.38. The fourth-order valence-corrected chi connectivity index (χ4v) is 10.4. The molecule has 1 aliphatic carbocycles. The average molecular weight is 883 g/mol. The lowest BCUT2D eigenvalue weighted by atomic mass is 9.98. The van der Waals surface area contributed by atoms with Crippen molar-refractivity contribution >= 4 is 55.6 Å². The highest BCUT2D eigenvalue weighted by molar-refractivity contribution is 7.89. The quantitative estimate of drug-likeness (QED) is 0.106. The van der Waals surface area contributed by atoms with E-state index in [-0.39, 0.29) is 55.3 Å². The molecule has 7 rings (SSSR count). The average Bonchev–Trinajstić information content (AvgIpc) is 3.44. The minimum atomic E-state index is -4.70. The molecule has 3 amide bonds. The van der Waals surface area contributed by atoms with Crippen molar-refractivity contribution in [2.45, 2.75) is 50.0 Å². The monoisotopic (exact) mass is 882 g/mol. The van der Waals surface area contributed by atoms with Gasteiger partial charge in [0.2, 0.25) is 21.8 Å². The van der Waals surface area contributed by atoms with Crippen LogP contribution in [0.2, 0.25) is 0 Å². The van der Waals surface area contributed by atoms with Gasteiger partial charge in [0.1, 0.15) is 24.2 Å². The second-order valence-electron chi connectivity index (χ2n) is 15.7. The Bertz CT molecular complexity index is 2610. The van der Waals surface area contributed by atoms with Crippen LogP contribution in [0.5, 0.6) is 0 Å². The summed E-state index contributed by atoms with van der Waals surface area (Å²) in [5, 5.41) is 4.85. The molecule has 326 valence electrons. The lowest BCUT2D eigenvalue weighted by Crippen LogP contribution is -2.56. The molecule has 17 heteroatoms. The first-order valence-electron chi connectivity index (χ1n) is 20.6. The fraction of sp³-hybridized carbons (Fsp3) is 0.333. The molecule has 4 aromatic carbocycles. The van der Waals surface area contributed by atoms with E-state index in [0.29, 0.717) is 41.3 Å². The van der Waals surface area contributed by atoms with Gasteiger partial charge < -0.3 is 26.0 Å². The predicted octanol–water partition coefficient (Wildman–Crippen LogP) is 5.31. The molecule has 2 heterocycles. The van der Waals surface area contributed by atoms with Crippen molar-refractivity contribution in [1.82, 2.24) is 19.8 Å². The van der Waals surface area contributed by atoms with Crippen molar-refractivity contribution in [3.63, 3.8) is 0 Å². The molecule has 1 fully saturated rings. The Balaban J connectivity index is 0.954. The minimum absolute atomic E-state index is 0.0188. The smallest absolute Gasteiger partial charge is 0.407 e. The van der Waals surface area contributed by atoms with Crippen molar-refractivity contribution in [1.29, 1.82) is 0 Å². The molecular formula is C45H50N6O9S2. The van der Waals surface area contributed by atoms with Crippen LogP contribution in [-0.4, -0.2) is 105 Å². The molecule has 15 nitrogen and oxygen atoms in total. The summed E-state index contributed by atoms with van der Waals surface area (Å²) >= 11 is 0. The van der Waals surface area contributed by atoms with Gasteiger partial charge in [0.05, 0.1) is 10.6 Å². The third-order valence-electron chi connectivity index (χ3n) is 11.2. The number of aliphatic imine (C=N–C) groups is 1. The SMILES string of the molecule is CCCN(CCC)C(=O)C1=Cc2ccc(-c3cccc(S(=O)(=O)N4CC(CNC(=O)[C@H](CS(=O)(=O)O)NC(=O)OCC5c6ccccc6-c6ccccc65)C4)c3)cc2N=C(N)C1. The first-order chi connectivity index (χ1) is 29.6. The molecule has 62 heavy (non-hydrogen) atoms. The van der Waals surface area contributed by atoms with E-state index >= 15 is 0 Å². The number of hydrogen-bond donors (Lipinski definition) is 4. The van der Waals surface area contributed by atoms with Crippen LogP contribution in [0.3, 0.4) is 0 Å². The number of carbonyl (C=O) groups excluding carboxylic acids is 3. The van der Waals surface area contributed by atoms with Crippen molar-refractivity contribution in [3.05, 3.63) is 113 Å². The topological polar surface area (TPSA) is 218 Å². The van der Waals surface area contributed by atoms with Crippen LogP contribution in [0.15, 0.2) is 106 Å². The number of nitrogens with two attached hydrogens (primary N) is 1. The molecule has 0 unspecified atom stereocenters. The Kier molecular flexibility index (Phi) is 13.3. The minimum Gasteiger partial charge on any atom is -0.449 e. The Hall–Kier alpha value is -5.88. The van der Waals surface area contributed by atoms with Gasteiger partial charge in [-0.1, -0.05) is 86.6 Å². The summed E-state index contributed by atoms with van der Waals surface area (Å²) in [5.41, 5.74) is 13.4. The maximum absolute atomic E-state index is 13.7. The molecule has 0 bridgehead atoms.